The monoisotopic (exact) mass is 383 g/mol. The third kappa shape index (κ3) is 3.60. The maximum Gasteiger partial charge on any atom is 0.264 e. The van der Waals surface area contributed by atoms with Crippen LogP contribution in [0.25, 0.3) is 0 Å². The number of benzene rings is 1. The van der Waals surface area contributed by atoms with Gasteiger partial charge in [0.25, 0.3) is 5.91 Å². The minimum Gasteiger partial charge on any atom is -0.335 e. The molecule has 1 atom stereocenters. The Morgan fingerprint density at radius 2 is 1.89 bits per heavy atom. The molecule has 0 saturated carbocycles. The van der Waals surface area contributed by atoms with Crippen molar-refractivity contribution in [1.29, 1.82) is 0 Å². The molecular formula is C20H21N3O3S. The fourth-order valence-electron chi connectivity index (χ4n) is 3.72. The fourth-order valence-corrected chi connectivity index (χ4v) is 4.41. The Hall–Kier alpha value is -2.67. The summed E-state index contributed by atoms with van der Waals surface area (Å²) in [7, 11) is 0. The SMILES string of the molecule is O=C(c1cccs1)N1CCCN2C(=O)CN(Cc3ccccc3)C(=O)C2C1. The number of fused-ring (bicyclic) bond motifs is 1. The zero-order valence-corrected chi connectivity index (χ0v) is 15.7. The van der Waals surface area contributed by atoms with E-state index in [4.69, 9.17) is 0 Å². The van der Waals surface area contributed by atoms with Crippen LogP contribution >= 0.6 is 11.3 Å². The summed E-state index contributed by atoms with van der Waals surface area (Å²) in [4.78, 5) is 44.2. The molecule has 27 heavy (non-hydrogen) atoms. The third-order valence-electron chi connectivity index (χ3n) is 5.08. The molecule has 2 aliphatic heterocycles. The van der Waals surface area contributed by atoms with E-state index in [-0.39, 0.29) is 30.8 Å². The molecule has 2 aliphatic rings. The van der Waals surface area contributed by atoms with Gasteiger partial charge in [-0.3, -0.25) is 14.4 Å². The van der Waals surface area contributed by atoms with Crippen LogP contribution in [-0.2, 0) is 16.1 Å². The minimum absolute atomic E-state index is 0.0408. The minimum atomic E-state index is -0.596. The van der Waals surface area contributed by atoms with Gasteiger partial charge in [0.1, 0.15) is 12.6 Å². The molecule has 7 heteroatoms. The predicted molar refractivity (Wildman–Crippen MR) is 102 cm³/mol. The van der Waals surface area contributed by atoms with Crippen molar-refractivity contribution in [1.82, 2.24) is 14.7 Å². The van der Waals surface area contributed by atoms with E-state index in [1.165, 1.54) is 11.3 Å². The summed E-state index contributed by atoms with van der Waals surface area (Å²) >= 11 is 1.40. The second kappa shape index (κ2) is 7.52. The Labute approximate surface area is 162 Å². The number of carbonyl (C=O) groups is 3. The standard InChI is InChI=1S/C20H21N3O3S/c24-18-14-22(12-15-6-2-1-3-7-15)19(25)16-13-21(9-5-10-23(16)18)20(26)17-8-4-11-27-17/h1-4,6-8,11,16H,5,9-10,12-14H2. The maximum absolute atomic E-state index is 13.1. The van der Waals surface area contributed by atoms with Gasteiger partial charge in [-0.25, -0.2) is 0 Å². The summed E-state index contributed by atoms with van der Waals surface area (Å²) in [5, 5.41) is 1.87. The summed E-state index contributed by atoms with van der Waals surface area (Å²) in [5.41, 5.74) is 0.993. The van der Waals surface area contributed by atoms with E-state index in [9.17, 15) is 14.4 Å². The molecule has 140 valence electrons. The molecule has 2 fully saturated rings. The van der Waals surface area contributed by atoms with E-state index in [1.54, 1.807) is 20.8 Å². The molecule has 1 unspecified atom stereocenters. The lowest BCUT2D eigenvalue weighted by Gasteiger charge is -2.40. The largest absolute Gasteiger partial charge is 0.335 e. The lowest BCUT2D eigenvalue weighted by Crippen LogP contribution is -2.61. The van der Waals surface area contributed by atoms with Gasteiger partial charge < -0.3 is 14.7 Å². The summed E-state index contributed by atoms with van der Waals surface area (Å²) < 4.78 is 0. The van der Waals surface area contributed by atoms with E-state index in [0.717, 1.165) is 5.56 Å². The Bertz CT molecular complexity index is 837. The smallest absolute Gasteiger partial charge is 0.264 e. The maximum atomic E-state index is 13.1. The Balaban J connectivity index is 1.54. The van der Waals surface area contributed by atoms with Gasteiger partial charge in [-0.05, 0) is 23.4 Å². The topological polar surface area (TPSA) is 60.9 Å². The number of amides is 3. The van der Waals surface area contributed by atoms with E-state index in [0.29, 0.717) is 30.9 Å². The number of carbonyl (C=O) groups excluding carboxylic acids is 3. The first kappa shape index (κ1) is 17.7. The number of nitrogens with zero attached hydrogens (tertiary/aromatic N) is 3. The zero-order chi connectivity index (χ0) is 18.8. The van der Waals surface area contributed by atoms with Gasteiger partial charge in [0.05, 0.1) is 11.4 Å². The van der Waals surface area contributed by atoms with Crippen LogP contribution in [0.2, 0.25) is 0 Å². The second-order valence-corrected chi connectivity index (χ2v) is 7.81. The van der Waals surface area contributed by atoms with Gasteiger partial charge in [-0.15, -0.1) is 11.3 Å². The van der Waals surface area contributed by atoms with Gasteiger partial charge in [0.15, 0.2) is 0 Å². The molecule has 0 spiro atoms. The van der Waals surface area contributed by atoms with E-state index < -0.39 is 6.04 Å². The normalized spacial score (nSPS) is 20.4. The average molecular weight is 383 g/mol. The lowest BCUT2D eigenvalue weighted by molar-refractivity contribution is -0.156. The molecule has 4 rings (SSSR count). The van der Waals surface area contributed by atoms with Crippen molar-refractivity contribution >= 4 is 29.1 Å². The highest BCUT2D eigenvalue weighted by atomic mass is 32.1. The van der Waals surface area contributed by atoms with Crippen molar-refractivity contribution in [3.8, 4) is 0 Å². The molecule has 2 saturated heterocycles. The predicted octanol–water partition coefficient (Wildman–Crippen LogP) is 1.83. The van der Waals surface area contributed by atoms with Crippen LogP contribution in [0.4, 0.5) is 0 Å². The van der Waals surface area contributed by atoms with Crippen LogP contribution < -0.4 is 0 Å². The molecule has 1 aromatic carbocycles. The van der Waals surface area contributed by atoms with Crippen LogP contribution in [-0.4, -0.2) is 64.6 Å². The molecule has 1 aromatic heterocycles. The third-order valence-corrected chi connectivity index (χ3v) is 5.93. The van der Waals surface area contributed by atoms with Gasteiger partial charge in [0.2, 0.25) is 11.8 Å². The molecule has 3 heterocycles. The van der Waals surface area contributed by atoms with E-state index in [2.05, 4.69) is 0 Å². The van der Waals surface area contributed by atoms with E-state index >= 15 is 0 Å². The van der Waals surface area contributed by atoms with Crippen molar-refractivity contribution in [2.45, 2.75) is 19.0 Å². The Morgan fingerprint density at radius 3 is 2.63 bits per heavy atom. The molecular weight excluding hydrogens is 362 g/mol. The van der Waals surface area contributed by atoms with Gasteiger partial charge >= 0.3 is 0 Å². The highest BCUT2D eigenvalue weighted by Crippen LogP contribution is 2.22. The van der Waals surface area contributed by atoms with Gasteiger partial charge in [0, 0.05) is 19.6 Å². The quantitative estimate of drug-likeness (QED) is 0.813. The molecule has 3 amide bonds. The lowest BCUT2D eigenvalue weighted by atomic mass is 10.1. The number of piperazine rings is 1. The number of hydrogen-bond donors (Lipinski definition) is 0. The summed E-state index contributed by atoms with van der Waals surface area (Å²) in [5.74, 6) is -0.183. The first-order chi connectivity index (χ1) is 13.1. The first-order valence-electron chi connectivity index (χ1n) is 9.08. The fraction of sp³-hybridized carbons (Fsp3) is 0.350. The second-order valence-electron chi connectivity index (χ2n) is 6.86. The molecule has 2 aromatic rings. The molecule has 0 N–H and O–H groups in total. The molecule has 6 nitrogen and oxygen atoms in total. The number of hydrogen-bond acceptors (Lipinski definition) is 4. The van der Waals surface area contributed by atoms with Crippen LogP contribution in [0.15, 0.2) is 47.8 Å². The van der Waals surface area contributed by atoms with Crippen molar-refractivity contribution < 1.29 is 14.4 Å². The van der Waals surface area contributed by atoms with Crippen LogP contribution in [0.5, 0.6) is 0 Å². The van der Waals surface area contributed by atoms with Gasteiger partial charge in [-0.2, -0.15) is 0 Å². The van der Waals surface area contributed by atoms with Crippen LogP contribution in [0.1, 0.15) is 21.7 Å². The van der Waals surface area contributed by atoms with Crippen molar-refractivity contribution in [3.05, 3.63) is 58.3 Å². The van der Waals surface area contributed by atoms with Crippen molar-refractivity contribution in [2.75, 3.05) is 26.2 Å². The summed E-state index contributed by atoms with van der Waals surface area (Å²) in [6, 6.07) is 12.7. The molecule has 0 bridgehead atoms. The first-order valence-corrected chi connectivity index (χ1v) is 9.96. The molecule has 0 aliphatic carbocycles. The molecule has 0 radical (unpaired) electrons. The summed E-state index contributed by atoms with van der Waals surface area (Å²) in [6.07, 6.45) is 0.686. The number of rotatable bonds is 3. The van der Waals surface area contributed by atoms with Crippen LogP contribution in [0, 0.1) is 0 Å². The van der Waals surface area contributed by atoms with Gasteiger partial charge in [-0.1, -0.05) is 36.4 Å². The Morgan fingerprint density at radius 1 is 1.07 bits per heavy atom. The Kier molecular flexibility index (Phi) is 4.94. The van der Waals surface area contributed by atoms with Crippen LogP contribution in [0.3, 0.4) is 0 Å². The van der Waals surface area contributed by atoms with E-state index in [1.807, 2.05) is 41.8 Å². The van der Waals surface area contributed by atoms with Crippen molar-refractivity contribution in [2.24, 2.45) is 0 Å². The van der Waals surface area contributed by atoms with Crippen molar-refractivity contribution in [3.63, 3.8) is 0 Å². The number of thiophene rings is 1. The highest BCUT2D eigenvalue weighted by molar-refractivity contribution is 7.12. The zero-order valence-electron chi connectivity index (χ0n) is 14.9. The average Bonchev–Trinajstić information content (AvgIpc) is 3.12. The summed E-state index contributed by atoms with van der Waals surface area (Å²) in [6.45, 7) is 1.84. The highest BCUT2D eigenvalue weighted by Gasteiger charge is 2.42.